The zero-order valence-corrected chi connectivity index (χ0v) is 15.5. The Labute approximate surface area is 164 Å². The van der Waals surface area contributed by atoms with Crippen LogP contribution in [-0.2, 0) is 4.74 Å². The van der Waals surface area contributed by atoms with Gasteiger partial charge in [0.15, 0.2) is 0 Å². The van der Waals surface area contributed by atoms with Gasteiger partial charge in [-0.25, -0.2) is 4.98 Å². The number of ether oxygens (including phenoxy) is 1. The molecule has 6 heteroatoms. The molecule has 2 heterocycles. The van der Waals surface area contributed by atoms with Crippen molar-refractivity contribution in [2.45, 2.75) is 0 Å². The number of hydrogen-bond acceptors (Lipinski definition) is 5. The quantitative estimate of drug-likeness (QED) is 0.709. The zero-order chi connectivity index (χ0) is 19.2. The Hall–Kier alpha value is -3.38. The number of pyridine rings is 1. The van der Waals surface area contributed by atoms with E-state index in [1.807, 2.05) is 54.6 Å². The molecule has 3 aromatic rings. The molecule has 0 aliphatic carbocycles. The summed E-state index contributed by atoms with van der Waals surface area (Å²) < 4.78 is 5.45. The van der Waals surface area contributed by atoms with Crippen molar-refractivity contribution in [1.29, 1.82) is 0 Å². The molecule has 1 amide bonds. The third-order valence-corrected chi connectivity index (χ3v) is 4.56. The molecule has 0 radical (unpaired) electrons. The van der Waals surface area contributed by atoms with Crippen LogP contribution < -0.4 is 15.5 Å². The molecule has 1 aliphatic heterocycles. The number of hydrogen-bond donors (Lipinski definition) is 2. The van der Waals surface area contributed by atoms with Crippen molar-refractivity contribution in [3.05, 3.63) is 78.6 Å². The Bertz CT molecular complexity index is 923. The Kier molecular flexibility index (Phi) is 5.49. The SMILES string of the molecule is O=C(Nc1ccccc1)c1ccc(Nc2ccccc2N2CCOCC2)cn1. The minimum Gasteiger partial charge on any atom is -0.378 e. The molecule has 1 saturated heterocycles. The first-order chi connectivity index (χ1) is 13.8. The summed E-state index contributed by atoms with van der Waals surface area (Å²) in [7, 11) is 0. The molecule has 6 nitrogen and oxygen atoms in total. The van der Waals surface area contributed by atoms with E-state index in [-0.39, 0.29) is 5.91 Å². The number of nitrogens with zero attached hydrogens (tertiary/aromatic N) is 2. The van der Waals surface area contributed by atoms with Gasteiger partial charge in [0.2, 0.25) is 0 Å². The fourth-order valence-corrected chi connectivity index (χ4v) is 3.13. The lowest BCUT2D eigenvalue weighted by Gasteiger charge is -2.30. The Morgan fingerprint density at radius 3 is 2.39 bits per heavy atom. The maximum absolute atomic E-state index is 12.3. The first-order valence-corrected chi connectivity index (χ1v) is 9.31. The summed E-state index contributed by atoms with van der Waals surface area (Å²) in [6.45, 7) is 3.22. The van der Waals surface area contributed by atoms with E-state index in [4.69, 9.17) is 4.74 Å². The monoisotopic (exact) mass is 374 g/mol. The van der Waals surface area contributed by atoms with Crippen LogP contribution in [0.3, 0.4) is 0 Å². The van der Waals surface area contributed by atoms with E-state index >= 15 is 0 Å². The Morgan fingerprint density at radius 1 is 0.893 bits per heavy atom. The van der Waals surface area contributed by atoms with E-state index in [2.05, 4.69) is 26.6 Å². The second kappa shape index (κ2) is 8.54. The van der Waals surface area contributed by atoms with Crippen molar-refractivity contribution >= 4 is 28.7 Å². The van der Waals surface area contributed by atoms with Gasteiger partial charge in [0.1, 0.15) is 5.69 Å². The summed E-state index contributed by atoms with van der Waals surface area (Å²) in [6, 6.07) is 21.1. The summed E-state index contributed by atoms with van der Waals surface area (Å²) in [5, 5.41) is 6.25. The molecular weight excluding hydrogens is 352 g/mol. The number of rotatable bonds is 5. The second-order valence-electron chi connectivity index (χ2n) is 6.49. The Morgan fingerprint density at radius 2 is 1.64 bits per heavy atom. The molecule has 0 saturated carbocycles. The second-order valence-corrected chi connectivity index (χ2v) is 6.49. The summed E-state index contributed by atoms with van der Waals surface area (Å²) in [5.41, 5.74) is 4.09. The number of benzene rings is 2. The van der Waals surface area contributed by atoms with Gasteiger partial charge in [0, 0.05) is 18.8 Å². The van der Waals surface area contributed by atoms with Crippen molar-refractivity contribution in [2.24, 2.45) is 0 Å². The van der Waals surface area contributed by atoms with Gasteiger partial charge >= 0.3 is 0 Å². The van der Waals surface area contributed by atoms with Crippen LogP contribution >= 0.6 is 0 Å². The molecule has 2 aromatic carbocycles. The highest BCUT2D eigenvalue weighted by atomic mass is 16.5. The minimum absolute atomic E-state index is 0.230. The lowest BCUT2D eigenvalue weighted by molar-refractivity contribution is 0.102. The summed E-state index contributed by atoms with van der Waals surface area (Å²) in [4.78, 5) is 18.9. The highest BCUT2D eigenvalue weighted by Gasteiger charge is 2.15. The van der Waals surface area contributed by atoms with Crippen molar-refractivity contribution in [3.63, 3.8) is 0 Å². The van der Waals surface area contributed by atoms with Crippen LogP contribution in [0.25, 0.3) is 0 Å². The largest absolute Gasteiger partial charge is 0.378 e. The van der Waals surface area contributed by atoms with Crippen LogP contribution in [0, 0.1) is 0 Å². The van der Waals surface area contributed by atoms with Crippen molar-refractivity contribution < 1.29 is 9.53 Å². The van der Waals surface area contributed by atoms with E-state index < -0.39 is 0 Å². The van der Waals surface area contributed by atoms with Gasteiger partial charge in [-0.05, 0) is 36.4 Å². The predicted octanol–water partition coefficient (Wildman–Crippen LogP) is 3.91. The molecule has 28 heavy (non-hydrogen) atoms. The predicted molar refractivity (Wildman–Crippen MR) is 111 cm³/mol. The number of aromatic nitrogens is 1. The normalized spacial score (nSPS) is 13.8. The first-order valence-electron chi connectivity index (χ1n) is 9.31. The molecular formula is C22H22N4O2. The Balaban J connectivity index is 1.46. The van der Waals surface area contributed by atoms with E-state index in [0.29, 0.717) is 5.69 Å². The van der Waals surface area contributed by atoms with Crippen molar-refractivity contribution in [3.8, 4) is 0 Å². The molecule has 142 valence electrons. The molecule has 0 unspecified atom stereocenters. The van der Waals surface area contributed by atoms with Gasteiger partial charge in [0.05, 0.1) is 36.5 Å². The number of morpholine rings is 1. The topological polar surface area (TPSA) is 66.5 Å². The summed E-state index contributed by atoms with van der Waals surface area (Å²) >= 11 is 0. The smallest absolute Gasteiger partial charge is 0.274 e. The standard InChI is InChI=1S/C22H22N4O2/c27-22(25-17-6-2-1-3-7-17)20-11-10-18(16-23-20)24-19-8-4-5-9-21(19)26-12-14-28-15-13-26/h1-11,16,24H,12-15H2,(H,25,27). The lowest BCUT2D eigenvalue weighted by atomic mass is 10.2. The van der Waals surface area contributed by atoms with Gasteiger partial charge in [-0.1, -0.05) is 30.3 Å². The van der Waals surface area contributed by atoms with Gasteiger partial charge < -0.3 is 20.3 Å². The molecule has 0 spiro atoms. The van der Waals surface area contributed by atoms with E-state index in [1.165, 1.54) is 0 Å². The molecule has 1 aromatic heterocycles. The fourth-order valence-electron chi connectivity index (χ4n) is 3.13. The number of anilines is 4. The minimum atomic E-state index is -0.230. The van der Waals surface area contributed by atoms with E-state index in [1.54, 1.807) is 12.3 Å². The van der Waals surface area contributed by atoms with Crippen molar-refractivity contribution in [2.75, 3.05) is 41.8 Å². The third-order valence-electron chi connectivity index (χ3n) is 4.56. The molecule has 0 bridgehead atoms. The number of amides is 1. The highest BCUT2D eigenvalue weighted by Crippen LogP contribution is 2.29. The van der Waals surface area contributed by atoms with Crippen LogP contribution in [-0.4, -0.2) is 37.2 Å². The van der Waals surface area contributed by atoms with Gasteiger partial charge in [-0.3, -0.25) is 4.79 Å². The summed E-state index contributed by atoms with van der Waals surface area (Å²) in [6.07, 6.45) is 1.68. The van der Waals surface area contributed by atoms with E-state index in [9.17, 15) is 4.79 Å². The fraction of sp³-hybridized carbons (Fsp3) is 0.182. The third kappa shape index (κ3) is 4.29. The zero-order valence-electron chi connectivity index (χ0n) is 15.5. The number of carbonyl (C=O) groups excluding carboxylic acids is 1. The van der Waals surface area contributed by atoms with Crippen LogP contribution in [0.4, 0.5) is 22.7 Å². The van der Waals surface area contributed by atoms with Crippen LogP contribution in [0.5, 0.6) is 0 Å². The average molecular weight is 374 g/mol. The maximum Gasteiger partial charge on any atom is 0.274 e. The summed E-state index contributed by atoms with van der Waals surface area (Å²) in [5.74, 6) is -0.230. The van der Waals surface area contributed by atoms with Crippen LogP contribution in [0.2, 0.25) is 0 Å². The van der Waals surface area contributed by atoms with E-state index in [0.717, 1.165) is 49.1 Å². The first kappa shape index (κ1) is 18.0. The average Bonchev–Trinajstić information content (AvgIpc) is 2.76. The van der Waals surface area contributed by atoms with Gasteiger partial charge in [-0.15, -0.1) is 0 Å². The van der Waals surface area contributed by atoms with Crippen molar-refractivity contribution in [1.82, 2.24) is 4.98 Å². The lowest BCUT2D eigenvalue weighted by Crippen LogP contribution is -2.36. The van der Waals surface area contributed by atoms with Gasteiger partial charge in [-0.2, -0.15) is 0 Å². The molecule has 1 aliphatic rings. The molecule has 1 fully saturated rings. The highest BCUT2D eigenvalue weighted by molar-refractivity contribution is 6.02. The molecule has 2 N–H and O–H groups in total. The molecule has 0 atom stereocenters. The number of para-hydroxylation sites is 3. The molecule has 4 rings (SSSR count). The number of nitrogens with one attached hydrogen (secondary N) is 2. The van der Waals surface area contributed by atoms with Crippen LogP contribution in [0.1, 0.15) is 10.5 Å². The van der Waals surface area contributed by atoms with Crippen LogP contribution in [0.15, 0.2) is 72.9 Å². The number of carbonyl (C=O) groups is 1. The van der Waals surface area contributed by atoms with Gasteiger partial charge in [0.25, 0.3) is 5.91 Å². The maximum atomic E-state index is 12.3.